The third-order valence-electron chi connectivity index (χ3n) is 4.81. The van der Waals surface area contributed by atoms with E-state index < -0.39 is 6.10 Å². The van der Waals surface area contributed by atoms with Gasteiger partial charge in [0, 0.05) is 18.6 Å². The molecule has 4 nitrogen and oxygen atoms in total. The summed E-state index contributed by atoms with van der Waals surface area (Å²) in [7, 11) is 0. The van der Waals surface area contributed by atoms with Gasteiger partial charge in [0.15, 0.2) is 0 Å². The van der Waals surface area contributed by atoms with Crippen molar-refractivity contribution >= 4 is 11.8 Å². The van der Waals surface area contributed by atoms with Crippen LogP contribution in [0.2, 0.25) is 0 Å². The van der Waals surface area contributed by atoms with Crippen molar-refractivity contribution < 1.29 is 9.94 Å². The Bertz CT molecular complexity index is 585. The van der Waals surface area contributed by atoms with Crippen molar-refractivity contribution in [3.63, 3.8) is 0 Å². The molecule has 1 aliphatic carbocycles. The fraction of sp³-hybridized carbons (Fsp3) is 0.591. The lowest BCUT2D eigenvalue weighted by atomic mass is 9.91. The Hall–Kier alpha value is -1.65. The molecule has 1 aromatic rings. The lowest BCUT2D eigenvalue weighted by molar-refractivity contribution is 0.00578. The van der Waals surface area contributed by atoms with Crippen LogP contribution in [0.15, 0.2) is 41.1 Å². The van der Waals surface area contributed by atoms with E-state index >= 15 is 0 Å². The first-order valence-electron chi connectivity index (χ1n) is 9.86. The lowest BCUT2D eigenvalue weighted by Gasteiger charge is -2.32. The third-order valence-corrected chi connectivity index (χ3v) is 4.81. The second kappa shape index (κ2) is 10.5. The Kier molecular flexibility index (Phi) is 8.33. The van der Waals surface area contributed by atoms with Crippen LogP contribution in [0.4, 0.5) is 0 Å². The standard InChI is InChI=1S/C22H34N2O2/c1-17(2)24(18(3)4)15-21(25)16-26-23-22-13-9-8-12-20(22)14-19-10-6-5-7-11-19/h5-7,10-11,14,17-18,21,25H,8-9,12-13,15-16H2,1-4H3/b20-14+,23-22+. The first-order valence-corrected chi connectivity index (χ1v) is 9.86. The molecule has 1 atom stereocenters. The van der Waals surface area contributed by atoms with Crippen molar-refractivity contribution in [1.29, 1.82) is 0 Å². The molecule has 1 N–H and O–H groups in total. The van der Waals surface area contributed by atoms with Gasteiger partial charge in [-0.3, -0.25) is 4.90 Å². The highest BCUT2D eigenvalue weighted by Crippen LogP contribution is 2.23. The fourth-order valence-electron chi connectivity index (χ4n) is 3.44. The quantitative estimate of drug-likeness (QED) is 0.696. The van der Waals surface area contributed by atoms with E-state index in [1.54, 1.807) is 0 Å². The molecule has 1 aromatic carbocycles. The van der Waals surface area contributed by atoms with E-state index in [4.69, 9.17) is 4.84 Å². The van der Waals surface area contributed by atoms with E-state index in [9.17, 15) is 5.11 Å². The number of oxime groups is 1. The number of nitrogens with zero attached hydrogens (tertiary/aromatic N) is 2. The van der Waals surface area contributed by atoms with Crippen LogP contribution < -0.4 is 0 Å². The topological polar surface area (TPSA) is 45.1 Å². The second-order valence-corrected chi connectivity index (χ2v) is 7.66. The van der Waals surface area contributed by atoms with E-state index in [1.165, 1.54) is 17.6 Å². The average Bonchev–Trinajstić information content (AvgIpc) is 2.61. The highest BCUT2D eigenvalue weighted by molar-refractivity contribution is 6.03. The molecule has 1 fully saturated rings. The SMILES string of the molecule is CC(C)N(CC(O)CO/N=C1\CCCC\C1=C/c1ccccc1)C(C)C. The lowest BCUT2D eigenvalue weighted by Crippen LogP contribution is -2.43. The summed E-state index contributed by atoms with van der Waals surface area (Å²) in [6.07, 6.45) is 5.99. The number of hydrogen-bond acceptors (Lipinski definition) is 4. The second-order valence-electron chi connectivity index (χ2n) is 7.66. The molecular formula is C22H34N2O2. The number of aliphatic hydroxyl groups excluding tert-OH is 1. The van der Waals surface area contributed by atoms with Crippen LogP contribution in [-0.2, 0) is 4.84 Å². The minimum absolute atomic E-state index is 0.234. The molecule has 0 aromatic heterocycles. The van der Waals surface area contributed by atoms with Crippen LogP contribution in [0.5, 0.6) is 0 Å². The van der Waals surface area contributed by atoms with Crippen molar-refractivity contribution in [3.8, 4) is 0 Å². The molecule has 0 spiro atoms. The number of allylic oxidation sites excluding steroid dienone is 1. The zero-order valence-electron chi connectivity index (χ0n) is 16.7. The van der Waals surface area contributed by atoms with Gasteiger partial charge < -0.3 is 9.94 Å². The summed E-state index contributed by atoms with van der Waals surface area (Å²) in [6.45, 7) is 9.44. The van der Waals surface area contributed by atoms with E-state index in [0.717, 1.165) is 25.0 Å². The van der Waals surface area contributed by atoms with Crippen LogP contribution in [0.25, 0.3) is 6.08 Å². The van der Waals surface area contributed by atoms with Crippen molar-refractivity contribution in [3.05, 3.63) is 41.5 Å². The first kappa shape index (κ1) is 20.7. The van der Waals surface area contributed by atoms with Gasteiger partial charge in [-0.25, -0.2) is 0 Å². The maximum atomic E-state index is 10.3. The molecule has 0 amide bonds. The van der Waals surface area contributed by atoms with Gasteiger partial charge in [0.25, 0.3) is 0 Å². The number of rotatable bonds is 8. The Morgan fingerprint density at radius 2 is 1.73 bits per heavy atom. The summed E-state index contributed by atoms with van der Waals surface area (Å²) in [5.41, 5.74) is 3.47. The van der Waals surface area contributed by atoms with Gasteiger partial charge in [0.1, 0.15) is 12.7 Å². The normalized spacial score (nSPS) is 19.7. The number of hydrogen-bond donors (Lipinski definition) is 1. The van der Waals surface area contributed by atoms with E-state index in [-0.39, 0.29) is 6.61 Å². The van der Waals surface area contributed by atoms with Crippen molar-refractivity contribution in [2.75, 3.05) is 13.2 Å². The Balaban J connectivity index is 1.93. The zero-order chi connectivity index (χ0) is 18.9. The van der Waals surface area contributed by atoms with Crippen LogP contribution >= 0.6 is 0 Å². The van der Waals surface area contributed by atoms with Crippen LogP contribution in [-0.4, -0.2) is 47.1 Å². The summed E-state index contributed by atoms with van der Waals surface area (Å²) in [6, 6.07) is 11.1. The smallest absolute Gasteiger partial charge is 0.144 e. The third kappa shape index (κ3) is 6.58. The van der Waals surface area contributed by atoms with Crippen LogP contribution in [0.3, 0.4) is 0 Å². The molecule has 1 saturated carbocycles. The van der Waals surface area contributed by atoms with Gasteiger partial charge >= 0.3 is 0 Å². The molecule has 0 radical (unpaired) electrons. The fourth-order valence-corrected chi connectivity index (χ4v) is 3.44. The molecule has 4 heteroatoms. The van der Waals surface area contributed by atoms with Gasteiger partial charge in [-0.15, -0.1) is 0 Å². The maximum Gasteiger partial charge on any atom is 0.144 e. The highest BCUT2D eigenvalue weighted by Gasteiger charge is 2.18. The summed E-state index contributed by atoms with van der Waals surface area (Å²) >= 11 is 0. The van der Waals surface area contributed by atoms with E-state index in [2.05, 4.69) is 56.0 Å². The van der Waals surface area contributed by atoms with Gasteiger partial charge in [-0.05, 0) is 70.6 Å². The predicted molar refractivity (Wildman–Crippen MR) is 109 cm³/mol. The molecule has 1 unspecified atom stereocenters. The van der Waals surface area contributed by atoms with Crippen LogP contribution in [0.1, 0.15) is 58.9 Å². The number of benzene rings is 1. The molecule has 1 aliphatic rings. The maximum absolute atomic E-state index is 10.3. The molecule has 144 valence electrons. The summed E-state index contributed by atoms with van der Waals surface area (Å²) in [5.74, 6) is 0. The summed E-state index contributed by atoms with van der Waals surface area (Å²) < 4.78 is 0. The highest BCUT2D eigenvalue weighted by atomic mass is 16.6. The summed E-state index contributed by atoms with van der Waals surface area (Å²) in [4.78, 5) is 7.80. The molecule has 0 heterocycles. The average molecular weight is 359 g/mol. The Morgan fingerprint density at radius 3 is 2.38 bits per heavy atom. The minimum Gasteiger partial charge on any atom is -0.393 e. The minimum atomic E-state index is -0.533. The van der Waals surface area contributed by atoms with Crippen LogP contribution in [0, 0.1) is 0 Å². The number of aliphatic hydroxyl groups is 1. The summed E-state index contributed by atoms with van der Waals surface area (Å²) in [5, 5.41) is 14.7. The Morgan fingerprint density at radius 1 is 1.08 bits per heavy atom. The molecule has 0 bridgehead atoms. The molecule has 26 heavy (non-hydrogen) atoms. The van der Waals surface area contributed by atoms with Gasteiger partial charge in [0.05, 0.1) is 5.71 Å². The van der Waals surface area contributed by atoms with Gasteiger partial charge in [0.2, 0.25) is 0 Å². The van der Waals surface area contributed by atoms with Crippen molar-refractivity contribution in [2.24, 2.45) is 5.16 Å². The molecule has 0 saturated heterocycles. The molecule has 0 aliphatic heterocycles. The van der Waals surface area contributed by atoms with E-state index in [1.807, 2.05) is 18.2 Å². The van der Waals surface area contributed by atoms with Gasteiger partial charge in [-0.1, -0.05) is 35.5 Å². The largest absolute Gasteiger partial charge is 0.393 e. The predicted octanol–water partition coefficient (Wildman–Crippen LogP) is 4.50. The van der Waals surface area contributed by atoms with E-state index in [0.29, 0.717) is 18.6 Å². The Labute approximate surface area is 158 Å². The molecule has 2 rings (SSSR count). The van der Waals surface area contributed by atoms with Gasteiger partial charge in [-0.2, -0.15) is 0 Å². The molecular weight excluding hydrogens is 324 g/mol. The van der Waals surface area contributed by atoms with Crippen molar-refractivity contribution in [1.82, 2.24) is 4.90 Å². The van der Waals surface area contributed by atoms with Crippen molar-refractivity contribution in [2.45, 2.75) is 71.6 Å². The first-order chi connectivity index (χ1) is 12.5. The monoisotopic (exact) mass is 358 g/mol. The zero-order valence-corrected chi connectivity index (χ0v) is 16.7.